The van der Waals surface area contributed by atoms with E-state index >= 15 is 0 Å². The van der Waals surface area contributed by atoms with Crippen LogP contribution in [0, 0.1) is 0 Å². The molecular formula is C4H13B3. The van der Waals surface area contributed by atoms with Gasteiger partial charge in [0, 0.05) is 0 Å². The molecule has 0 N–H and O–H groups in total. The second-order valence-corrected chi connectivity index (χ2v) is 2.54. The van der Waals surface area contributed by atoms with Crippen molar-refractivity contribution in [2.24, 2.45) is 0 Å². The van der Waals surface area contributed by atoms with Crippen molar-refractivity contribution in [2.75, 3.05) is 0 Å². The van der Waals surface area contributed by atoms with Gasteiger partial charge in [-0.15, -0.1) is 0 Å². The molecule has 0 aromatic rings. The minimum absolute atomic E-state index is 0.903. The Morgan fingerprint density at radius 1 is 1.29 bits per heavy atom. The fourth-order valence-electron chi connectivity index (χ4n) is 0.612. The molecule has 0 aromatic carbocycles. The van der Waals surface area contributed by atoms with Crippen molar-refractivity contribution in [1.29, 1.82) is 0 Å². The van der Waals surface area contributed by atoms with Crippen LogP contribution >= 0.6 is 0 Å². The maximum absolute atomic E-state index is 2.27. The molecule has 0 radical (unpaired) electrons. The molecule has 3 heteroatoms. The van der Waals surface area contributed by atoms with E-state index in [0.29, 0.717) is 0 Å². The van der Waals surface area contributed by atoms with Gasteiger partial charge in [0.05, 0.1) is 21.4 Å². The summed E-state index contributed by atoms with van der Waals surface area (Å²) in [5.74, 6) is 0.903. The molecule has 0 aromatic heterocycles. The first-order valence-electron chi connectivity index (χ1n) is 3.27. The molecule has 38 valence electrons. The van der Waals surface area contributed by atoms with Crippen LogP contribution in [-0.2, 0) is 0 Å². The summed E-state index contributed by atoms with van der Waals surface area (Å²) in [5, 5.41) is 0. The minimum Gasteiger partial charge on any atom is -0.0966 e. The molecule has 0 spiro atoms. The largest absolute Gasteiger partial charge is 0.0966 e. The van der Waals surface area contributed by atoms with E-state index in [1.54, 1.807) is 0 Å². The first-order valence-corrected chi connectivity index (χ1v) is 3.27. The van der Waals surface area contributed by atoms with E-state index in [9.17, 15) is 0 Å². The summed E-state index contributed by atoms with van der Waals surface area (Å²) < 4.78 is 0. The second-order valence-electron chi connectivity index (χ2n) is 2.54. The standard InChI is InChI=1S/C4H13B3/c1-4(2)6-7-5-3/h4-7H,1-3H3. The molecule has 0 saturated carbocycles. The van der Waals surface area contributed by atoms with Crippen LogP contribution < -0.4 is 0 Å². The summed E-state index contributed by atoms with van der Waals surface area (Å²) in [4.78, 5) is 0. The van der Waals surface area contributed by atoms with E-state index in [1.165, 1.54) is 21.4 Å². The highest BCUT2D eigenvalue weighted by Gasteiger charge is 1.94. The predicted molar refractivity (Wildman–Crippen MR) is 42.4 cm³/mol. The van der Waals surface area contributed by atoms with Gasteiger partial charge in [0.1, 0.15) is 0 Å². The summed E-state index contributed by atoms with van der Waals surface area (Å²) in [5.41, 5.74) is 0. The topological polar surface area (TPSA) is 0 Å². The van der Waals surface area contributed by atoms with Gasteiger partial charge < -0.3 is 0 Å². The lowest BCUT2D eigenvalue weighted by atomic mass is 9.18. The number of hydrogen-bond donors (Lipinski definition) is 0. The maximum Gasteiger partial charge on any atom is 0.0816 e. The Labute approximate surface area is 48.8 Å². The lowest BCUT2D eigenvalue weighted by Crippen LogP contribution is -2.11. The zero-order chi connectivity index (χ0) is 5.70. The summed E-state index contributed by atoms with van der Waals surface area (Å²) in [6, 6.07) is 0. The summed E-state index contributed by atoms with van der Waals surface area (Å²) in [7, 11) is 4.15. The lowest BCUT2D eigenvalue weighted by Gasteiger charge is -1.94. The van der Waals surface area contributed by atoms with Crippen molar-refractivity contribution in [3.63, 3.8) is 0 Å². The van der Waals surface area contributed by atoms with Gasteiger partial charge in [-0.3, -0.25) is 0 Å². The Morgan fingerprint density at radius 2 is 1.86 bits per heavy atom. The van der Waals surface area contributed by atoms with Crippen molar-refractivity contribution >= 4 is 21.4 Å². The Kier molecular flexibility index (Phi) is 4.48. The molecule has 0 unspecified atom stereocenters. The van der Waals surface area contributed by atoms with Gasteiger partial charge in [0.25, 0.3) is 0 Å². The highest BCUT2D eigenvalue weighted by molar-refractivity contribution is 7.29. The van der Waals surface area contributed by atoms with Crippen LogP contribution in [0.15, 0.2) is 0 Å². The van der Waals surface area contributed by atoms with Crippen LogP contribution in [0.4, 0.5) is 0 Å². The zero-order valence-corrected chi connectivity index (χ0v) is 5.70. The van der Waals surface area contributed by atoms with E-state index < -0.39 is 0 Å². The minimum atomic E-state index is 0.903. The van der Waals surface area contributed by atoms with Gasteiger partial charge >= 0.3 is 0 Å². The summed E-state index contributed by atoms with van der Waals surface area (Å²) >= 11 is 0. The number of rotatable bonds is 3. The average Bonchev–Trinajstić information content (AvgIpc) is 1.61. The molecule has 0 heterocycles. The maximum atomic E-state index is 2.27. The van der Waals surface area contributed by atoms with Crippen LogP contribution in [0.1, 0.15) is 13.8 Å². The lowest BCUT2D eigenvalue weighted by molar-refractivity contribution is 1.07. The van der Waals surface area contributed by atoms with Crippen LogP contribution in [0.25, 0.3) is 0 Å². The summed E-state index contributed by atoms with van der Waals surface area (Å²) in [6.45, 7) is 6.79. The molecule has 0 aliphatic carbocycles. The molecule has 0 saturated heterocycles. The van der Waals surface area contributed by atoms with Crippen LogP contribution in [0.3, 0.4) is 0 Å². The molecule has 0 fully saturated rings. The Balaban J connectivity index is 2.68. The Morgan fingerprint density at radius 3 is 2.00 bits per heavy atom. The zero-order valence-electron chi connectivity index (χ0n) is 5.70. The normalized spacial score (nSPS) is 8.57. The SMILES string of the molecule is CBBBC(C)C. The molecule has 0 aliphatic rings. The van der Waals surface area contributed by atoms with Crippen LogP contribution in [-0.4, -0.2) is 21.4 Å². The highest BCUT2D eigenvalue weighted by Crippen LogP contribution is 1.92. The first-order chi connectivity index (χ1) is 3.27. The Bertz CT molecular complexity index is 35.9. The van der Waals surface area contributed by atoms with E-state index in [2.05, 4.69) is 20.7 Å². The molecule has 0 aliphatic heterocycles. The van der Waals surface area contributed by atoms with Gasteiger partial charge in [0.2, 0.25) is 0 Å². The monoisotopic (exact) mass is 94.1 g/mol. The van der Waals surface area contributed by atoms with Crippen molar-refractivity contribution < 1.29 is 0 Å². The smallest absolute Gasteiger partial charge is 0.0816 e. The van der Waals surface area contributed by atoms with Crippen molar-refractivity contribution in [1.82, 2.24) is 0 Å². The summed E-state index contributed by atoms with van der Waals surface area (Å²) in [6.07, 6.45) is 0. The highest BCUT2D eigenvalue weighted by atomic mass is 13.6. The van der Waals surface area contributed by atoms with E-state index in [-0.39, 0.29) is 0 Å². The molecule has 0 bridgehead atoms. The van der Waals surface area contributed by atoms with Gasteiger partial charge in [-0.2, -0.15) is 0 Å². The van der Waals surface area contributed by atoms with Crippen molar-refractivity contribution in [2.45, 2.75) is 26.5 Å². The third-order valence-electron chi connectivity index (χ3n) is 1.14. The molecule has 0 amide bonds. The molecule has 0 rings (SSSR count). The quantitative estimate of drug-likeness (QED) is 0.431. The van der Waals surface area contributed by atoms with Gasteiger partial charge in [-0.1, -0.05) is 26.5 Å². The van der Waals surface area contributed by atoms with Crippen LogP contribution in [0.5, 0.6) is 0 Å². The van der Waals surface area contributed by atoms with Gasteiger partial charge in [-0.05, 0) is 0 Å². The van der Waals surface area contributed by atoms with Crippen molar-refractivity contribution in [3.05, 3.63) is 0 Å². The van der Waals surface area contributed by atoms with E-state index in [4.69, 9.17) is 0 Å². The molecule has 7 heavy (non-hydrogen) atoms. The fourth-order valence-corrected chi connectivity index (χ4v) is 0.612. The Hall–Kier alpha value is 0.195. The third-order valence-corrected chi connectivity index (χ3v) is 1.14. The molecule has 0 atom stereocenters. The molecular weight excluding hydrogens is 80.5 g/mol. The average molecular weight is 93.6 g/mol. The third kappa shape index (κ3) is 6.19. The van der Waals surface area contributed by atoms with E-state index in [0.717, 1.165) is 5.82 Å². The molecule has 0 nitrogen and oxygen atoms in total. The van der Waals surface area contributed by atoms with Crippen LogP contribution in [0.2, 0.25) is 12.6 Å². The predicted octanol–water partition coefficient (Wildman–Crippen LogP) is 0.00230. The second kappa shape index (κ2) is 4.36. The number of hydrogen-bond acceptors (Lipinski definition) is 0. The first kappa shape index (κ1) is 7.19. The van der Waals surface area contributed by atoms with Gasteiger partial charge in [0.15, 0.2) is 0 Å². The van der Waals surface area contributed by atoms with E-state index in [1.807, 2.05) is 0 Å². The van der Waals surface area contributed by atoms with Crippen molar-refractivity contribution in [3.8, 4) is 0 Å². The fraction of sp³-hybridized carbons (Fsp3) is 1.00. The van der Waals surface area contributed by atoms with Gasteiger partial charge in [-0.25, -0.2) is 0 Å².